The minimum Gasteiger partial charge on any atom is -0.485 e. The molecular weight excluding hydrogens is 272 g/mol. The molecule has 0 aliphatic carbocycles. The van der Waals surface area contributed by atoms with E-state index in [2.05, 4.69) is 23.7 Å². The fourth-order valence-corrected chi connectivity index (χ4v) is 2.35. The molecule has 0 aliphatic heterocycles. The van der Waals surface area contributed by atoms with E-state index in [4.69, 9.17) is 4.74 Å². The fraction of sp³-hybridized carbons (Fsp3) is 0.105. The molecule has 1 atom stereocenters. The summed E-state index contributed by atoms with van der Waals surface area (Å²) in [6.07, 6.45) is 5.32. The van der Waals surface area contributed by atoms with E-state index in [1.807, 2.05) is 60.2 Å². The summed E-state index contributed by atoms with van der Waals surface area (Å²) < 4.78 is 8.04. The molecule has 1 aromatic heterocycles. The Labute approximate surface area is 130 Å². The molecule has 110 valence electrons. The summed E-state index contributed by atoms with van der Waals surface area (Å²) >= 11 is 0. The van der Waals surface area contributed by atoms with Gasteiger partial charge in [-0.3, -0.25) is 0 Å². The Kier molecular flexibility index (Phi) is 4.05. The quantitative estimate of drug-likeness (QED) is 0.689. The van der Waals surface area contributed by atoms with Gasteiger partial charge in [0, 0.05) is 18.0 Å². The fourth-order valence-electron chi connectivity index (χ4n) is 2.35. The predicted octanol–water partition coefficient (Wildman–Crippen LogP) is 4.54. The maximum absolute atomic E-state index is 6.16. The molecule has 3 rings (SSSR count). The summed E-state index contributed by atoms with van der Waals surface area (Å²) in [7, 11) is 0. The summed E-state index contributed by atoms with van der Waals surface area (Å²) in [5, 5.41) is 0. The minimum absolute atomic E-state index is 0.0297. The van der Waals surface area contributed by atoms with Gasteiger partial charge in [0.2, 0.25) is 0 Å². The van der Waals surface area contributed by atoms with Crippen LogP contribution in [0.2, 0.25) is 0 Å². The molecule has 0 amide bonds. The number of hydrogen-bond acceptors (Lipinski definition) is 2. The predicted molar refractivity (Wildman–Crippen MR) is 88.6 cm³/mol. The molecule has 0 saturated carbocycles. The van der Waals surface area contributed by atoms with Gasteiger partial charge in [-0.1, -0.05) is 49.0 Å². The zero-order valence-corrected chi connectivity index (χ0v) is 12.5. The van der Waals surface area contributed by atoms with E-state index in [0.29, 0.717) is 0 Å². The van der Waals surface area contributed by atoms with Crippen LogP contribution in [0.5, 0.6) is 5.75 Å². The van der Waals surface area contributed by atoms with Gasteiger partial charge in [0.25, 0.3) is 0 Å². The zero-order chi connectivity index (χ0) is 15.4. The first kappa shape index (κ1) is 14.1. The number of ether oxygens (including phenoxy) is 1. The molecule has 0 spiro atoms. The van der Waals surface area contributed by atoms with E-state index < -0.39 is 0 Å². The molecule has 22 heavy (non-hydrogen) atoms. The van der Waals surface area contributed by atoms with Gasteiger partial charge in [0.1, 0.15) is 11.9 Å². The topological polar surface area (TPSA) is 27.1 Å². The molecule has 0 aliphatic rings. The van der Waals surface area contributed by atoms with E-state index >= 15 is 0 Å². The van der Waals surface area contributed by atoms with Crippen LogP contribution in [0.15, 0.2) is 79.9 Å². The number of para-hydroxylation sites is 1. The van der Waals surface area contributed by atoms with Gasteiger partial charge in [-0.25, -0.2) is 4.98 Å². The highest BCUT2D eigenvalue weighted by molar-refractivity contribution is 5.68. The normalized spacial score (nSPS) is 11.9. The molecule has 1 heterocycles. The third-order valence-corrected chi connectivity index (χ3v) is 3.59. The van der Waals surface area contributed by atoms with Crippen molar-refractivity contribution in [2.45, 2.75) is 13.0 Å². The van der Waals surface area contributed by atoms with Gasteiger partial charge in [0.15, 0.2) is 0 Å². The third kappa shape index (κ3) is 2.93. The molecule has 0 radical (unpaired) electrons. The van der Waals surface area contributed by atoms with Crippen LogP contribution in [0.3, 0.4) is 0 Å². The first-order chi connectivity index (χ1) is 10.8. The van der Waals surface area contributed by atoms with E-state index in [1.54, 1.807) is 12.5 Å². The molecule has 0 N–H and O–H groups in total. The lowest BCUT2D eigenvalue weighted by Gasteiger charge is -2.19. The Balaban J connectivity index is 1.87. The van der Waals surface area contributed by atoms with Crippen molar-refractivity contribution in [3.63, 3.8) is 0 Å². The zero-order valence-electron chi connectivity index (χ0n) is 12.5. The first-order valence-corrected chi connectivity index (χ1v) is 7.24. The lowest BCUT2D eigenvalue weighted by atomic mass is 10.1. The molecule has 0 fully saturated rings. The van der Waals surface area contributed by atoms with Crippen molar-refractivity contribution >= 4 is 5.70 Å². The Morgan fingerprint density at radius 3 is 2.55 bits per heavy atom. The van der Waals surface area contributed by atoms with E-state index in [1.165, 1.54) is 0 Å². The van der Waals surface area contributed by atoms with Crippen LogP contribution in [0.4, 0.5) is 0 Å². The Bertz CT molecular complexity index is 748. The van der Waals surface area contributed by atoms with Crippen molar-refractivity contribution in [3.8, 4) is 5.75 Å². The highest BCUT2D eigenvalue weighted by Crippen LogP contribution is 2.29. The molecular formula is C19H18N2O. The molecule has 1 unspecified atom stereocenters. The summed E-state index contributed by atoms with van der Waals surface area (Å²) in [6.45, 7) is 6.20. The third-order valence-electron chi connectivity index (χ3n) is 3.59. The highest BCUT2D eigenvalue weighted by atomic mass is 16.5. The summed E-state index contributed by atoms with van der Waals surface area (Å²) in [5.41, 5.74) is 2.95. The lowest BCUT2D eigenvalue weighted by molar-refractivity contribution is 0.226. The maximum atomic E-state index is 6.16. The number of aromatic nitrogens is 2. The summed E-state index contributed by atoms with van der Waals surface area (Å²) in [5.74, 6) is 0.817. The highest BCUT2D eigenvalue weighted by Gasteiger charge is 2.12. The Hall–Kier alpha value is -2.81. The van der Waals surface area contributed by atoms with E-state index in [-0.39, 0.29) is 6.10 Å². The van der Waals surface area contributed by atoms with Crippen LogP contribution in [-0.4, -0.2) is 9.55 Å². The molecule has 3 heteroatoms. The van der Waals surface area contributed by atoms with Crippen LogP contribution in [0.25, 0.3) is 5.70 Å². The summed E-state index contributed by atoms with van der Waals surface area (Å²) in [4.78, 5) is 4.07. The minimum atomic E-state index is -0.0297. The Morgan fingerprint density at radius 2 is 1.82 bits per heavy atom. The van der Waals surface area contributed by atoms with Crippen LogP contribution >= 0.6 is 0 Å². The lowest BCUT2D eigenvalue weighted by Crippen LogP contribution is -2.05. The molecule has 3 nitrogen and oxygen atoms in total. The largest absolute Gasteiger partial charge is 0.485 e. The molecule has 0 saturated heterocycles. The number of benzene rings is 2. The van der Waals surface area contributed by atoms with Crippen LogP contribution < -0.4 is 4.74 Å². The van der Waals surface area contributed by atoms with Crippen molar-refractivity contribution in [2.24, 2.45) is 0 Å². The second-order valence-corrected chi connectivity index (χ2v) is 5.08. The van der Waals surface area contributed by atoms with Crippen LogP contribution in [0, 0.1) is 0 Å². The van der Waals surface area contributed by atoms with Gasteiger partial charge < -0.3 is 9.30 Å². The van der Waals surface area contributed by atoms with E-state index in [0.717, 1.165) is 22.6 Å². The number of imidazole rings is 1. The first-order valence-electron chi connectivity index (χ1n) is 7.24. The maximum Gasteiger partial charge on any atom is 0.129 e. The molecule has 2 aromatic carbocycles. The van der Waals surface area contributed by atoms with Crippen molar-refractivity contribution in [1.82, 2.24) is 9.55 Å². The standard InChI is InChI=1S/C19H18N2O/c1-15(21-13-12-20-14-21)18-10-6-7-11-19(18)22-16(2)17-8-4-3-5-9-17/h3-14,16H,1H2,2H3. The Morgan fingerprint density at radius 1 is 1.09 bits per heavy atom. The SMILES string of the molecule is C=C(c1ccccc1OC(C)c1ccccc1)n1ccnc1. The van der Waals surface area contributed by atoms with Gasteiger partial charge in [-0.2, -0.15) is 0 Å². The summed E-state index contributed by atoms with van der Waals surface area (Å²) in [6, 6.07) is 18.1. The average molecular weight is 290 g/mol. The smallest absolute Gasteiger partial charge is 0.129 e. The van der Waals surface area contributed by atoms with Crippen molar-refractivity contribution in [1.29, 1.82) is 0 Å². The van der Waals surface area contributed by atoms with Crippen LogP contribution in [-0.2, 0) is 0 Å². The van der Waals surface area contributed by atoms with Gasteiger partial charge in [0.05, 0.1) is 12.0 Å². The van der Waals surface area contributed by atoms with E-state index in [9.17, 15) is 0 Å². The molecule has 3 aromatic rings. The number of hydrogen-bond donors (Lipinski definition) is 0. The average Bonchev–Trinajstić information content (AvgIpc) is 3.10. The molecule has 0 bridgehead atoms. The van der Waals surface area contributed by atoms with Crippen LogP contribution in [0.1, 0.15) is 24.2 Å². The van der Waals surface area contributed by atoms with Gasteiger partial charge in [-0.15, -0.1) is 0 Å². The van der Waals surface area contributed by atoms with Crippen molar-refractivity contribution < 1.29 is 4.74 Å². The van der Waals surface area contributed by atoms with Gasteiger partial charge in [-0.05, 0) is 24.6 Å². The second-order valence-electron chi connectivity index (χ2n) is 5.08. The second kappa shape index (κ2) is 6.31. The monoisotopic (exact) mass is 290 g/mol. The number of nitrogens with zero attached hydrogens (tertiary/aromatic N) is 2. The number of rotatable bonds is 5. The van der Waals surface area contributed by atoms with Crippen molar-refractivity contribution in [2.75, 3.05) is 0 Å². The van der Waals surface area contributed by atoms with Crippen molar-refractivity contribution in [3.05, 3.63) is 91.0 Å². The van der Waals surface area contributed by atoms with Gasteiger partial charge >= 0.3 is 0 Å².